The lowest BCUT2D eigenvalue weighted by molar-refractivity contribution is 0.0943. The van der Waals surface area contributed by atoms with Gasteiger partial charge in [-0.1, -0.05) is 0 Å². The van der Waals surface area contributed by atoms with Crippen LogP contribution in [-0.2, 0) is 17.7 Å². The molecule has 2 rings (SSSR count). The summed E-state index contributed by atoms with van der Waals surface area (Å²) in [6.07, 6.45) is 4.48. The Morgan fingerprint density at radius 1 is 1.63 bits per heavy atom. The van der Waals surface area contributed by atoms with Crippen molar-refractivity contribution in [2.24, 2.45) is 5.84 Å². The number of aromatic nitrogens is 2. The van der Waals surface area contributed by atoms with Crippen LogP contribution in [0.25, 0.3) is 0 Å². The monoisotopic (exact) mass is 330 g/mol. The van der Waals surface area contributed by atoms with Gasteiger partial charge in [-0.2, -0.15) is 5.10 Å². The van der Waals surface area contributed by atoms with Crippen molar-refractivity contribution < 1.29 is 4.74 Å². The molecule has 2 unspecified atom stereocenters. The molecule has 0 bridgehead atoms. The summed E-state index contributed by atoms with van der Waals surface area (Å²) in [5.74, 6) is 5.70. The van der Waals surface area contributed by atoms with Gasteiger partial charge in [-0.25, -0.2) is 0 Å². The van der Waals surface area contributed by atoms with Crippen LogP contribution in [0.1, 0.15) is 37.6 Å². The fraction of sp³-hybridized carbons (Fsp3) is 0.769. The number of nitrogens with one attached hydrogen (secondary N) is 1. The van der Waals surface area contributed by atoms with E-state index in [9.17, 15) is 0 Å². The SMILES string of the molecule is CCn1nc(C)c(Br)c1CC(CC1CCCO1)NN. The van der Waals surface area contributed by atoms with E-state index in [0.717, 1.165) is 49.0 Å². The number of rotatable bonds is 6. The minimum Gasteiger partial charge on any atom is -0.378 e. The van der Waals surface area contributed by atoms with E-state index < -0.39 is 0 Å². The normalized spacial score (nSPS) is 20.9. The van der Waals surface area contributed by atoms with Crippen molar-refractivity contribution in [3.63, 3.8) is 0 Å². The molecule has 1 aliphatic heterocycles. The van der Waals surface area contributed by atoms with E-state index in [-0.39, 0.29) is 6.04 Å². The van der Waals surface area contributed by atoms with Crippen LogP contribution in [0.5, 0.6) is 0 Å². The quantitative estimate of drug-likeness (QED) is 0.617. The molecule has 0 spiro atoms. The highest BCUT2D eigenvalue weighted by Gasteiger charge is 2.23. The second-order valence-corrected chi connectivity index (χ2v) is 5.89. The van der Waals surface area contributed by atoms with Crippen molar-refractivity contribution in [2.45, 2.75) is 58.2 Å². The molecule has 5 nitrogen and oxygen atoms in total. The Morgan fingerprint density at radius 2 is 2.42 bits per heavy atom. The third-order valence-electron chi connectivity index (χ3n) is 3.70. The summed E-state index contributed by atoms with van der Waals surface area (Å²) in [5.41, 5.74) is 5.16. The van der Waals surface area contributed by atoms with Crippen LogP contribution in [0.3, 0.4) is 0 Å². The van der Waals surface area contributed by atoms with Gasteiger partial charge in [0.25, 0.3) is 0 Å². The van der Waals surface area contributed by atoms with Gasteiger partial charge in [-0.3, -0.25) is 16.0 Å². The number of hydrogen-bond donors (Lipinski definition) is 2. The van der Waals surface area contributed by atoms with Crippen molar-refractivity contribution in [3.8, 4) is 0 Å². The highest BCUT2D eigenvalue weighted by molar-refractivity contribution is 9.10. The third kappa shape index (κ3) is 3.56. The van der Waals surface area contributed by atoms with E-state index >= 15 is 0 Å². The Balaban J connectivity index is 2.04. The predicted octanol–water partition coefficient (Wildman–Crippen LogP) is 1.92. The Labute approximate surface area is 123 Å². The van der Waals surface area contributed by atoms with E-state index in [1.165, 1.54) is 5.69 Å². The van der Waals surface area contributed by atoms with Gasteiger partial charge in [-0.15, -0.1) is 0 Å². The Bertz CT molecular complexity index is 415. The Hall–Kier alpha value is -0.430. The van der Waals surface area contributed by atoms with E-state index in [2.05, 4.69) is 33.4 Å². The molecule has 1 aliphatic rings. The molecule has 2 atom stereocenters. The molecule has 0 aliphatic carbocycles. The summed E-state index contributed by atoms with van der Waals surface area (Å²) >= 11 is 3.63. The van der Waals surface area contributed by atoms with Crippen LogP contribution in [-0.4, -0.2) is 28.5 Å². The summed E-state index contributed by atoms with van der Waals surface area (Å²) < 4.78 is 8.83. The molecule has 6 heteroatoms. The average molecular weight is 331 g/mol. The Morgan fingerprint density at radius 3 is 3.00 bits per heavy atom. The number of nitrogens with zero attached hydrogens (tertiary/aromatic N) is 2. The smallest absolute Gasteiger partial charge is 0.0738 e. The van der Waals surface area contributed by atoms with Gasteiger partial charge in [0.2, 0.25) is 0 Å². The maximum Gasteiger partial charge on any atom is 0.0738 e. The first-order valence-corrected chi connectivity index (χ1v) is 7.74. The molecule has 3 N–H and O–H groups in total. The van der Waals surface area contributed by atoms with Crippen LogP contribution >= 0.6 is 15.9 Å². The van der Waals surface area contributed by atoms with Crippen molar-refractivity contribution in [1.82, 2.24) is 15.2 Å². The first kappa shape index (κ1) is 15.0. The zero-order valence-electron chi connectivity index (χ0n) is 11.7. The molecule has 1 saturated heterocycles. The second kappa shape index (κ2) is 6.83. The molecule has 0 amide bonds. The van der Waals surface area contributed by atoms with Crippen molar-refractivity contribution >= 4 is 15.9 Å². The van der Waals surface area contributed by atoms with Gasteiger partial charge < -0.3 is 4.74 Å². The zero-order valence-corrected chi connectivity index (χ0v) is 13.2. The third-order valence-corrected chi connectivity index (χ3v) is 4.73. The van der Waals surface area contributed by atoms with E-state index in [1.54, 1.807) is 0 Å². The molecule has 108 valence electrons. The zero-order chi connectivity index (χ0) is 13.8. The van der Waals surface area contributed by atoms with Crippen molar-refractivity contribution in [2.75, 3.05) is 6.61 Å². The fourth-order valence-electron chi connectivity index (χ4n) is 2.66. The molecular weight excluding hydrogens is 308 g/mol. The lowest BCUT2D eigenvalue weighted by Crippen LogP contribution is -2.39. The lowest BCUT2D eigenvalue weighted by atomic mass is 10.0. The van der Waals surface area contributed by atoms with Crippen molar-refractivity contribution in [1.29, 1.82) is 0 Å². The molecular formula is C13H23BrN4O. The first-order chi connectivity index (χ1) is 9.15. The maximum absolute atomic E-state index is 5.70. The standard InChI is InChI=1S/C13H23BrN4O/c1-3-18-12(13(14)9(2)17-18)8-10(16-15)7-11-5-4-6-19-11/h10-11,16H,3-8,15H2,1-2H3. The van der Waals surface area contributed by atoms with Gasteiger partial charge in [0, 0.05) is 25.6 Å². The van der Waals surface area contributed by atoms with Crippen molar-refractivity contribution in [3.05, 3.63) is 15.9 Å². The fourth-order valence-corrected chi connectivity index (χ4v) is 3.10. The number of hydrogen-bond acceptors (Lipinski definition) is 4. The van der Waals surface area contributed by atoms with Gasteiger partial charge in [0.05, 0.1) is 22.0 Å². The number of nitrogens with two attached hydrogens (primary N) is 1. The second-order valence-electron chi connectivity index (χ2n) is 5.10. The summed E-state index contributed by atoms with van der Waals surface area (Å²) in [6.45, 7) is 5.88. The van der Waals surface area contributed by atoms with Crippen LogP contribution in [0.15, 0.2) is 4.47 Å². The molecule has 1 fully saturated rings. The topological polar surface area (TPSA) is 65.1 Å². The summed E-state index contributed by atoms with van der Waals surface area (Å²) in [5, 5.41) is 4.52. The van der Waals surface area contributed by atoms with E-state index in [0.29, 0.717) is 6.10 Å². The van der Waals surface area contributed by atoms with Crippen LogP contribution in [0.2, 0.25) is 0 Å². The minimum atomic E-state index is 0.223. The number of halogens is 1. The summed E-state index contributed by atoms with van der Waals surface area (Å²) in [6, 6.07) is 0.223. The minimum absolute atomic E-state index is 0.223. The van der Waals surface area contributed by atoms with Crippen LogP contribution in [0, 0.1) is 6.92 Å². The van der Waals surface area contributed by atoms with Crippen LogP contribution < -0.4 is 11.3 Å². The van der Waals surface area contributed by atoms with E-state index in [4.69, 9.17) is 10.6 Å². The van der Waals surface area contributed by atoms with E-state index in [1.807, 2.05) is 11.6 Å². The summed E-state index contributed by atoms with van der Waals surface area (Å²) in [4.78, 5) is 0. The Kier molecular flexibility index (Phi) is 5.38. The van der Waals surface area contributed by atoms with Crippen LogP contribution in [0.4, 0.5) is 0 Å². The van der Waals surface area contributed by atoms with Gasteiger partial charge >= 0.3 is 0 Å². The number of hydrazine groups is 1. The predicted molar refractivity (Wildman–Crippen MR) is 78.7 cm³/mol. The lowest BCUT2D eigenvalue weighted by Gasteiger charge is -2.20. The molecule has 19 heavy (non-hydrogen) atoms. The average Bonchev–Trinajstić information content (AvgIpc) is 3.01. The molecule has 0 radical (unpaired) electrons. The highest BCUT2D eigenvalue weighted by atomic mass is 79.9. The first-order valence-electron chi connectivity index (χ1n) is 6.95. The molecule has 1 aromatic heterocycles. The highest BCUT2D eigenvalue weighted by Crippen LogP contribution is 2.24. The molecule has 0 aromatic carbocycles. The number of aryl methyl sites for hydroxylation is 2. The van der Waals surface area contributed by atoms with Gasteiger partial charge in [0.15, 0.2) is 0 Å². The molecule has 0 saturated carbocycles. The van der Waals surface area contributed by atoms with Gasteiger partial charge in [0.1, 0.15) is 0 Å². The van der Waals surface area contributed by atoms with Gasteiger partial charge in [-0.05, 0) is 49.0 Å². The molecule has 2 heterocycles. The largest absolute Gasteiger partial charge is 0.378 e. The molecule has 1 aromatic rings. The summed E-state index contributed by atoms with van der Waals surface area (Å²) in [7, 11) is 0. The maximum atomic E-state index is 5.70. The number of ether oxygens (including phenoxy) is 1.